The van der Waals surface area contributed by atoms with Crippen molar-refractivity contribution in [2.24, 2.45) is 0 Å². The first-order valence-electron chi connectivity index (χ1n) is 6.83. The molecule has 0 amide bonds. The summed E-state index contributed by atoms with van der Waals surface area (Å²) in [6.45, 7) is 8.91. The Balaban J connectivity index is 2.01. The molecule has 2 heterocycles. The molecule has 1 saturated heterocycles. The highest BCUT2D eigenvalue weighted by Crippen LogP contribution is 2.17. The number of anilines is 1. The Hall–Kier alpha value is -1.13. The molecule has 1 unspecified atom stereocenters. The fraction of sp³-hybridized carbons (Fsp3) is 0.643. The number of hydrogen-bond donors (Lipinski definition) is 1. The molecule has 18 heavy (non-hydrogen) atoms. The zero-order valence-corrected chi connectivity index (χ0v) is 11.4. The molecule has 0 saturated carbocycles. The van der Waals surface area contributed by atoms with Crippen molar-refractivity contribution in [3.63, 3.8) is 0 Å². The van der Waals surface area contributed by atoms with Gasteiger partial charge >= 0.3 is 0 Å². The van der Waals surface area contributed by atoms with E-state index >= 15 is 0 Å². The summed E-state index contributed by atoms with van der Waals surface area (Å²) in [4.78, 5) is 6.88. The molecule has 0 bridgehead atoms. The lowest BCUT2D eigenvalue weighted by Gasteiger charge is -2.21. The molecule has 1 fully saturated rings. The molecular weight excluding hydrogens is 226 g/mol. The average molecular weight is 249 g/mol. The molecule has 100 valence electrons. The summed E-state index contributed by atoms with van der Waals surface area (Å²) in [6.07, 6.45) is 3.06. The van der Waals surface area contributed by atoms with Gasteiger partial charge in [0.15, 0.2) is 0 Å². The van der Waals surface area contributed by atoms with E-state index in [0.717, 1.165) is 45.1 Å². The molecule has 4 heteroatoms. The predicted octanol–water partition coefficient (Wildman–Crippen LogP) is 1.98. The fourth-order valence-corrected chi connectivity index (χ4v) is 2.24. The summed E-state index contributed by atoms with van der Waals surface area (Å²) in [5.74, 6) is 1.06. The van der Waals surface area contributed by atoms with E-state index in [1.807, 2.05) is 6.20 Å². The second-order valence-corrected chi connectivity index (χ2v) is 4.68. The second kappa shape index (κ2) is 6.71. The van der Waals surface area contributed by atoms with Crippen LogP contribution in [0.2, 0.25) is 0 Å². The number of pyridine rings is 1. The lowest BCUT2D eigenvalue weighted by Crippen LogP contribution is -2.27. The van der Waals surface area contributed by atoms with Crippen molar-refractivity contribution >= 4 is 5.82 Å². The predicted molar refractivity (Wildman–Crippen MR) is 74.0 cm³/mol. The van der Waals surface area contributed by atoms with Crippen molar-refractivity contribution in [3.8, 4) is 0 Å². The Morgan fingerprint density at radius 2 is 2.28 bits per heavy atom. The van der Waals surface area contributed by atoms with Gasteiger partial charge in [-0.05, 0) is 31.5 Å². The quantitative estimate of drug-likeness (QED) is 0.885. The van der Waals surface area contributed by atoms with Crippen molar-refractivity contribution in [1.82, 2.24) is 10.3 Å². The number of aromatic nitrogens is 1. The molecule has 0 aromatic carbocycles. The maximum Gasteiger partial charge on any atom is 0.128 e. The highest BCUT2D eigenvalue weighted by Gasteiger charge is 2.11. The Labute approximate surface area is 109 Å². The van der Waals surface area contributed by atoms with E-state index in [1.54, 1.807) is 0 Å². The molecule has 0 spiro atoms. The third-order valence-electron chi connectivity index (χ3n) is 3.33. The standard InChI is InChI=1S/C14H23N3O/c1-3-15-12(2)13-5-6-14(16-11-13)17-7-4-9-18-10-8-17/h5-6,11-12,15H,3-4,7-10H2,1-2H3. The highest BCUT2D eigenvalue weighted by atomic mass is 16.5. The molecule has 1 aromatic rings. The van der Waals surface area contributed by atoms with Gasteiger partial charge in [-0.3, -0.25) is 0 Å². The Bertz CT molecular complexity index is 345. The summed E-state index contributed by atoms with van der Waals surface area (Å²) < 4.78 is 5.46. The number of rotatable bonds is 4. The average Bonchev–Trinajstić information content (AvgIpc) is 2.68. The van der Waals surface area contributed by atoms with Crippen LogP contribution in [0.5, 0.6) is 0 Å². The van der Waals surface area contributed by atoms with Crippen molar-refractivity contribution in [3.05, 3.63) is 23.9 Å². The molecular formula is C14H23N3O. The van der Waals surface area contributed by atoms with Gasteiger partial charge in [0.25, 0.3) is 0 Å². The van der Waals surface area contributed by atoms with Crippen LogP contribution < -0.4 is 10.2 Å². The largest absolute Gasteiger partial charge is 0.380 e. The van der Waals surface area contributed by atoms with Crippen molar-refractivity contribution < 1.29 is 4.74 Å². The Kier molecular flexibility index (Phi) is 4.96. The van der Waals surface area contributed by atoms with Crippen molar-refractivity contribution in [2.45, 2.75) is 26.3 Å². The van der Waals surface area contributed by atoms with E-state index in [-0.39, 0.29) is 0 Å². The van der Waals surface area contributed by atoms with Crippen LogP contribution >= 0.6 is 0 Å². The molecule has 1 aromatic heterocycles. The number of ether oxygens (including phenoxy) is 1. The summed E-state index contributed by atoms with van der Waals surface area (Å²) in [6, 6.07) is 4.65. The minimum absolute atomic E-state index is 0.365. The Morgan fingerprint density at radius 3 is 3.00 bits per heavy atom. The first kappa shape index (κ1) is 13.3. The van der Waals surface area contributed by atoms with Crippen LogP contribution in [-0.4, -0.2) is 37.8 Å². The molecule has 0 aliphatic carbocycles. The van der Waals surface area contributed by atoms with Gasteiger partial charge in [-0.2, -0.15) is 0 Å². The SMILES string of the molecule is CCNC(C)c1ccc(N2CCCOCC2)nc1. The van der Waals surface area contributed by atoms with Gasteiger partial charge in [-0.1, -0.05) is 13.0 Å². The molecule has 4 nitrogen and oxygen atoms in total. The van der Waals surface area contributed by atoms with Gasteiger partial charge in [-0.15, -0.1) is 0 Å². The zero-order valence-electron chi connectivity index (χ0n) is 11.4. The highest BCUT2D eigenvalue weighted by molar-refractivity contribution is 5.39. The van der Waals surface area contributed by atoms with E-state index in [4.69, 9.17) is 4.74 Å². The van der Waals surface area contributed by atoms with E-state index in [0.29, 0.717) is 6.04 Å². The van der Waals surface area contributed by atoms with Crippen molar-refractivity contribution in [1.29, 1.82) is 0 Å². The smallest absolute Gasteiger partial charge is 0.128 e. The number of hydrogen-bond acceptors (Lipinski definition) is 4. The summed E-state index contributed by atoms with van der Waals surface area (Å²) in [7, 11) is 0. The summed E-state index contributed by atoms with van der Waals surface area (Å²) >= 11 is 0. The van der Waals surface area contributed by atoms with E-state index < -0.39 is 0 Å². The number of nitrogens with zero attached hydrogens (tertiary/aromatic N) is 2. The van der Waals surface area contributed by atoms with E-state index in [1.165, 1.54) is 5.56 Å². The lowest BCUT2D eigenvalue weighted by atomic mass is 10.1. The fourth-order valence-electron chi connectivity index (χ4n) is 2.24. The molecule has 1 atom stereocenters. The first-order valence-corrected chi connectivity index (χ1v) is 6.83. The summed E-state index contributed by atoms with van der Waals surface area (Å²) in [5.41, 5.74) is 1.24. The molecule has 1 aliphatic rings. The minimum atomic E-state index is 0.365. The minimum Gasteiger partial charge on any atom is -0.380 e. The normalized spacial score (nSPS) is 18.4. The van der Waals surface area contributed by atoms with Crippen LogP contribution in [0.4, 0.5) is 5.82 Å². The van der Waals surface area contributed by atoms with Crippen molar-refractivity contribution in [2.75, 3.05) is 37.7 Å². The molecule has 1 N–H and O–H groups in total. The number of nitrogens with one attached hydrogen (secondary N) is 1. The maximum atomic E-state index is 5.46. The van der Waals surface area contributed by atoms with Gasteiger partial charge in [0, 0.05) is 31.9 Å². The monoisotopic (exact) mass is 249 g/mol. The van der Waals surface area contributed by atoms with Gasteiger partial charge < -0.3 is 15.0 Å². The van der Waals surface area contributed by atoms with Gasteiger partial charge in [0.1, 0.15) is 5.82 Å². The zero-order chi connectivity index (χ0) is 12.8. The molecule has 0 radical (unpaired) electrons. The second-order valence-electron chi connectivity index (χ2n) is 4.68. The Morgan fingerprint density at radius 1 is 1.39 bits per heavy atom. The van der Waals surface area contributed by atoms with Crippen LogP contribution in [-0.2, 0) is 4.74 Å². The third kappa shape index (κ3) is 3.43. The van der Waals surface area contributed by atoms with Crippen LogP contribution in [0.25, 0.3) is 0 Å². The van der Waals surface area contributed by atoms with Crippen LogP contribution in [0.15, 0.2) is 18.3 Å². The van der Waals surface area contributed by atoms with Gasteiger partial charge in [0.05, 0.1) is 6.61 Å². The van der Waals surface area contributed by atoms with Crippen LogP contribution in [0.1, 0.15) is 31.9 Å². The first-order chi connectivity index (χ1) is 8.81. The van der Waals surface area contributed by atoms with E-state index in [9.17, 15) is 0 Å². The molecule has 2 rings (SSSR count). The topological polar surface area (TPSA) is 37.4 Å². The van der Waals surface area contributed by atoms with Gasteiger partial charge in [0.2, 0.25) is 0 Å². The van der Waals surface area contributed by atoms with Crippen LogP contribution in [0.3, 0.4) is 0 Å². The molecule has 1 aliphatic heterocycles. The van der Waals surface area contributed by atoms with E-state index in [2.05, 4.69) is 41.2 Å². The summed E-state index contributed by atoms with van der Waals surface area (Å²) in [5, 5.41) is 3.40. The van der Waals surface area contributed by atoms with Crippen LogP contribution in [0, 0.1) is 0 Å². The maximum absolute atomic E-state index is 5.46. The third-order valence-corrected chi connectivity index (χ3v) is 3.33. The lowest BCUT2D eigenvalue weighted by molar-refractivity contribution is 0.152. The van der Waals surface area contributed by atoms with Gasteiger partial charge in [-0.25, -0.2) is 4.98 Å².